The van der Waals surface area contributed by atoms with Crippen molar-refractivity contribution in [3.63, 3.8) is 0 Å². The maximum absolute atomic E-state index is 12.8. The van der Waals surface area contributed by atoms with E-state index >= 15 is 0 Å². The first-order valence-electron chi connectivity index (χ1n) is 11.9. The van der Waals surface area contributed by atoms with Crippen LogP contribution in [0.5, 0.6) is 0 Å². The number of carboxylic acids is 1. The molecule has 0 saturated heterocycles. The summed E-state index contributed by atoms with van der Waals surface area (Å²) in [6.45, 7) is 12.0. The summed E-state index contributed by atoms with van der Waals surface area (Å²) in [4.78, 5) is 61.5. The molecule has 0 rings (SSSR count). The van der Waals surface area contributed by atoms with Crippen LogP contribution in [-0.4, -0.2) is 65.4 Å². The minimum atomic E-state index is -1.14. The van der Waals surface area contributed by atoms with Gasteiger partial charge in [0.1, 0.15) is 18.1 Å². The molecule has 11 heteroatoms. The number of hydrogen-bond donors (Lipinski definition) is 6. The summed E-state index contributed by atoms with van der Waals surface area (Å²) in [7, 11) is 0. The van der Waals surface area contributed by atoms with Crippen LogP contribution in [-0.2, 0) is 24.0 Å². The van der Waals surface area contributed by atoms with Gasteiger partial charge in [-0.25, -0.2) is 4.79 Å². The molecule has 0 saturated carbocycles. The molecule has 0 spiro atoms. The Labute approximate surface area is 202 Å². The minimum Gasteiger partial charge on any atom is -0.480 e. The predicted octanol–water partition coefficient (Wildman–Crippen LogP) is 0.127. The molecule has 0 aromatic heterocycles. The first-order valence-corrected chi connectivity index (χ1v) is 11.9. The number of nitrogens with two attached hydrogens (primary N) is 1. The fraction of sp³-hybridized carbons (Fsp3) is 0.783. The Morgan fingerprint density at radius 3 is 1.74 bits per heavy atom. The summed E-state index contributed by atoms with van der Waals surface area (Å²) in [5, 5.41) is 19.6. The van der Waals surface area contributed by atoms with Crippen LogP contribution in [0.25, 0.3) is 0 Å². The summed E-state index contributed by atoms with van der Waals surface area (Å²) in [5.41, 5.74) is 5.56. The highest BCUT2D eigenvalue weighted by Gasteiger charge is 2.32. The van der Waals surface area contributed by atoms with Crippen LogP contribution in [0, 0.1) is 17.8 Å². The van der Waals surface area contributed by atoms with Crippen molar-refractivity contribution in [2.75, 3.05) is 6.54 Å². The third kappa shape index (κ3) is 11.0. The zero-order chi connectivity index (χ0) is 26.6. The molecule has 0 aliphatic rings. The summed E-state index contributed by atoms with van der Waals surface area (Å²) >= 11 is 0. The van der Waals surface area contributed by atoms with Gasteiger partial charge >= 0.3 is 5.97 Å². The molecular weight excluding hydrogens is 442 g/mol. The Kier molecular flexibility index (Phi) is 14.1. The van der Waals surface area contributed by atoms with Crippen LogP contribution in [0.2, 0.25) is 0 Å². The molecular formula is C23H43N5O6. The second-order valence-corrected chi connectivity index (χ2v) is 9.34. The summed E-state index contributed by atoms with van der Waals surface area (Å²) in [6.07, 6.45) is 1.47. The van der Waals surface area contributed by atoms with Crippen molar-refractivity contribution in [2.24, 2.45) is 23.5 Å². The van der Waals surface area contributed by atoms with Crippen molar-refractivity contribution in [1.82, 2.24) is 21.3 Å². The van der Waals surface area contributed by atoms with Gasteiger partial charge in [-0.1, -0.05) is 54.4 Å². The number of nitrogens with one attached hydrogen (secondary N) is 4. The van der Waals surface area contributed by atoms with Gasteiger partial charge in [-0.2, -0.15) is 0 Å². The molecule has 0 aromatic rings. The van der Waals surface area contributed by atoms with Gasteiger partial charge in [0.05, 0.1) is 12.6 Å². The second kappa shape index (κ2) is 15.3. The lowest BCUT2D eigenvalue weighted by Gasteiger charge is -2.27. The molecule has 11 nitrogen and oxygen atoms in total. The number of amides is 4. The Hall–Kier alpha value is -2.69. The molecule has 6 atom stereocenters. The van der Waals surface area contributed by atoms with Crippen LogP contribution in [0.3, 0.4) is 0 Å². The third-order valence-corrected chi connectivity index (χ3v) is 5.77. The quantitative estimate of drug-likeness (QED) is 0.191. The molecule has 4 amide bonds. The van der Waals surface area contributed by atoms with Crippen LogP contribution in [0.4, 0.5) is 0 Å². The number of carboxylic acid groups (broad SMARTS) is 1. The number of aliphatic carboxylic acids is 1. The molecule has 0 aliphatic heterocycles. The van der Waals surface area contributed by atoms with Gasteiger partial charge in [-0.05, 0) is 31.1 Å². The molecule has 0 heterocycles. The van der Waals surface area contributed by atoms with Crippen LogP contribution in [0.15, 0.2) is 0 Å². The van der Waals surface area contributed by atoms with E-state index < -0.39 is 60.3 Å². The average molecular weight is 486 g/mol. The first-order chi connectivity index (χ1) is 15.7. The summed E-state index contributed by atoms with van der Waals surface area (Å²) in [6, 6.07) is -3.69. The second-order valence-electron chi connectivity index (χ2n) is 9.34. The van der Waals surface area contributed by atoms with E-state index in [4.69, 9.17) is 5.73 Å². The highest BCUT2D eigenvalue weighted by molar-refractivity contribution is 5.94. The van der Waals surface area contributed by atoms with E-state index in [0.717, 1.165) is 0 Å². The van der Waals surface area contributed by atoms with E-state index in [0.29, 0.717) is 19.3 Å². The first kappa shape index (κ1) is 31.3. The van der Waals surface area contributed by atoms with Gasteiger partial charge in [-0.3, -0.25) is 19.2 Å². The lowest BCUT2D eigenvalue weighted by Crippen LogP contribution is -2.57. The topological polar surface area (TPSA) is 180 Å². The molecule has 0 radical (unpaired) electrons. The average Bonchev–Trinajstić information content (AvgIpc) is 2.76. The number of carbonyl (C=O) groups is 5. The van der Waals surface area contributed by atoms with E-state index in [9.17, 15) is 29.1 Å². The normalized spacial score (nSPS) is 16.4. The SMILES string of the molecule is CC[C@H](C)[C@H](NC(=O)[C@@H](NC(=O)CNC(=O)[C@H](CC(C)C)NC(=O)[C@H](C)N)[C@@H](C)CC)C(=O)O. The predicted molar refractivity (Wildman–Crippen MR) is 128 cm³/mol. The minimum absolute atomic E-state index is 0.101. The zero-order valence-corrected chi connectivity index (χ0v) is 21.4. The highest BCUT2D eigenvalue weighted by atomic mass is 16.4. The zero-order valence-electron chi connectivity index (χ0n) is 21.4. The summed E-state index contributed by atoms with van der Waals surface area (Å²) in [5.74, 6) is -3.82. The van der Waals surface area contributed by atoms with Crippen molar-refractivity contribution in [1.29, 1.82) is 0 Å². The van der Waals surface area contributed by atoms with Crippen molar-refractivity contribution < 1.29 is 29.1 Å². The monoisotopic (exact) mass is 485 g/mol. The van der Waals surface area contributed by atoms with Crippen LogP contribution >= 0.6 is 0 Å². The van der Waals surface area contributed by atoms with Crippen LogP contribution in [0.1, 0.15) is 67.7 Å². The fourth-order valence-electron chi connectivity index (χ4n) is 3.15. The maximum atomic E-state index is 12.8. The lowest BCUT2D eigenvalue weighted by atomic mass is 9.95. The molecule has 7 N–H and O–H groups in total. The van der Waals surface area contributed by atoms with Crippen molar-refractivity contribution in [3.05, 3.63) is 0 Å². The highest BCUT2D eigenvalue weighted by Crippen LogP contribution is 2.12. The number of rotatable bonds is 15. The smallest absolute Gasteiger partial charge is 0.326 e. The van der Waals surface area contributed by atoms with E-state index in [-0.39, 0.29) is 17.8 Å². The van der Waals surface area contributed by atoms with Gasteiger partial charge in [0.2, 0.25) is 23.6 Å². The lowest BCUT2D eigenvalue weighted by molar-refractivity contribution is -0.144. The molecule has 0 bridgehead atoms. The van der Waals surface area contributed by atoms with E-state index in [1.165, 1.54) is 6.92 Å². The Morgan fingerprint density at radius 2 is 1.29 bits per heavy atom. The standard InChI is InChI=1S/C23H43N5O6/c1-8-13(5)18(22(32)28-19(23(33)34)14(6)9-2)27-17(29)11-25-21(31)16(10-12(3)4)26-20(30)15(7)24/h12-16,18-19H,8-11,24H2,1-7H3,(H,25,31)(H,26,30)(H,27,29)(H,28,32)(H,33,34)/t13-,14-,15-,16-,18-,19-/m0/s1. The van der Waals surface area contributed by atoms with E-state index in [1.807, 2.05) is 27.7 Å². The molecule has 0 fully saturated rings. The molecule has 0 aromatic carbocycles. The van der Waals surface area contributed by atoms with Gasteiger partial charge in [0.15, 0.2) is 0 Å². The maximum Gasteiger partial charge on any atom is 0.326 e. The van der Waals surface area contributed by atoms with Gasteiger partial charge in [-0.15, -0.1) is 0 Å². The number of carbonyl (C=O) groups excluding carboxylic acids is 4. The molecule has 0 aliphatic carbocycles. The van der Waals surface area contributed by atoms with Gasteiger partial charge < -0.3 is 32.1 Å². The summed E-state index contributed by atoms with van der Waals surface area (Å²) < 4.78 is 0. The Morgan fingerprint density at radius 1 is 0.765 bits per heavy atom. The molecule has 196 valence electrons. The van der Waals surface area contributed by atoms with Crippen molar-refractivity contribution in [2.45, 2.75) is 91.9 Å². The Bertz CT molecular complexity index is 712. The van der Waals surface area contributed by atoms with Crippen molar-refractivity contribution >= 4 is 29.6 Å². The molecule has 0 unspecified atom stereocenters. The largest absolute Gasteiger partial charge is 0.480 e. The van der Waals surface area contributed by atoms with Crippen LogP contribution < -0.4 is 27.0 Å². The van der Waals surface area contributed by atoms with Gasteiger partial charge in [0, 0.05) is 0 Å². The Balaban J connectivity index is 5.22. The number of hydrogen-bond acceptors (Lipinski definition) is 6. The molecule has 34 heavy (non-hydrogen) atoms. The van der Waals surface area contributed by atoms with E-state index in [2.05, 4.69) is 21.3 Å². The van der Waals surface area contributed by atoms with Gasteiger partial charge in [0.25, 0.3) is 0 Å². The fourth-order valence-corrected chi connectivity index (χ4v) is 3.15. The van der Waals surface area contributed by atoms with E-state index in [1.54, 1.807) is 13.8 Å². The third-order valence-electron chi connectivity index (χ3n) is 5.77. The van der Waals surface area contributed by atoms with Crippen molar-refractivity contribution in [3.8, 4) is 0 Å².